The Hall–Kier alpha value is -2.50. The number of rotatable bonds is 3. The van der Waals surface area contributed by atoms with Gasteiger partial charge in [0.1, 0.15) is 0 Å². The molecule has 2 aromatic carbocycles. The van der Waals surface area contributed by atoms with Crippen LogP contribution in [-0.4, -0.2) is 11.1 Å². The van der Waals surface area contributed by atoms with Crippen LogP contribution in [0.5, 0.6) is 0 Å². The van der Waals surface area contributed by atoms with Gasteiger partial charge < -0.3 is 10.4 Å². The highest BCUT2D eigenvalue weighted by molar-refractivity contribution is 5.90. The number of aromatic carboxylic acids is 1. The maximum Gasteiger partial charge on any atom is 0.418 e. The lowest BCUT2D eigenvalue weighted by Crippen LogP contribution is -2.08. The topological polar surface area (TPSA) is 49.3 Å². The Balaban J connectivity index is 2.35. The molecule has 0 atom stereocenters. The molecule has 6 heteroatoms. The Bertz CT molecular complexity index is 681. The number of nitrogens with one attached hydrogen (secondary N) is 1. The molecule has 0 saturated carbocycles. The van der Waals surface area contributed by atoms with Gasteiger partial charge in [-0.15, -0.1) is 0 Å². The maximum absolute atomic E-state index is 12.9. The van der Waals surface area contributed by atoms with E-state index < -0.39 is 17.7 Å². The highest BCUT2D eigenvalue weighted by Gasteiger charge is 2.33. The van der Waals surface area contributed by atoms with Crippen LogP contribution in [0.4, 0.5) is 24.5 Å². The lowest BCUT2D eigenvalue weighted by Gasteiger charge is -2.15. The van der Waals surface area contributed by atoms with Gasteiger partial charge in [-0.25, -0.2) is 4.79 Å². The van der Waals surface area contributed by atoms with Crippen LogP contribution in [0, 0.1) is 6.92 Å². The SMILES string of the molecule is Cc1cc(Nc2ccccc2C(F)(F)F)ccc1C(=O)O. The van der Waals surface area contributed by atoms with Gasteiger partial charge in [-0.1, -0.05) is 12.1 Å². The second-order valence-corrected chi connectivity index (χ2v) is 4.50. The first-order chi connectivity index (χ1) is 9.79. The van der Waals surface area contributed by atoms with Crippen molar-refractivity contribution in [3.8, 4) is 0 Å². The zero-order valence-electron chi connectivity index (χ0n) is 11.0. The molecular formula is C15H12F3NO2. The highest BCUT2D eigenvalue weighted by Crippen LogP contribution is 2.36. The van der Waals surface area contributed by atoms with Crippen molar-refractivity contribution < 1.29 is 23.1 Å². The molecule has 0 fully saturated rings. The van der Waals surface area contributed by atoms with Crippen LogP contribution in [0.25, 0.3) is 0 Å². The average Bonchev–Trinajstić information content (AvgIpc) is 2.37. The van der Waals surface area contributed by atoms with E-state index in [9.17, 15) is 18.0 Å². The molecule has 0 heterocycles. The summed E-state index contributed by atoms with van der Waals surface area (Å²) in [6.45, 7) is 1.59. The van der Waals surface area contributed by atoms with Crippen LogP contribution in [0.1, 0.15) is 21.5 Å². The second-order valence-electron chi connectivity index (χ2n) is 4.50. The molecule has 2 rings (SSSR count). The summed E-state index contributed by atoms with van der Waals surface area (Å²) in [5.74, 6) is -1.07. The van der Waals surface area contributed by atoms with E-state index in [1.165, 1.54) is 36.4 Å². The molecule has 0 bridgehead atoms. The normalized spacial score (nSPS) is 11.2. The number of carboxylic acid groups (broad SMARTS) is 1. The number of para-hydroxylation sites is 1. The number of anilines is 2. The van der Waals surface area contributed by atoms with Crippen LogP contribution in [0.15, 0.2) is 42.5 Å². The van der Waals surface area contributed by atoms with Gasteiger partial charge >= 0.3 is 12.1 Å². The van der Waals surface area contributed by atoms with Crippen LogP contribution in [0.2, 0.25) is 0 Å². The minimum Gasteiger partial charge on any atom is -0.478 e. The first-order valence-corrected chi connectivity index (χ1v) is 6.06. The predicted molar refractivity (Wildman–Crippen MR) is 72.9 cm³/mol. The Labute approximate surface area is 119 Å². The molecule has 3 nitrogen and oxygen atoms in total. The van der Waals surface area contributed by atoms with Crippen LogP contribution in [0.3, 0.4) is 0 Å². The molecule has 21 heavy (non-hydrogen) atoms. The smallest absolute Gasteiger partial charge is 0.418 e. The zero-order valence-corrected chi connectivity index (χ0v) is 11.0. The molecule has 0 amide bonds. The van der Waals surface area contributed by atoms with Gasteiger partial charge in [0.15, 0.2) is 0 Å². The van der Waals surface area contributed by atoms with Crippen LogP contribution >= 0.6 is 0 Å². The summed E-state index contributed by atoms with van der Waals surface area (Å²) in [6, 6.07) is 9.41. The molecule has 0 unspecified atom stereocenters. The summed E-state index contributed by atoms with van der Waals surface area (Å²) < 4.78 is 38.6. The number of alkyl halides is 3. The summed E-state index contributed by atoms with van der Waals surface area (Å²) in [5.41, 5.74) is 0.133. The quantitative estimate of drug-likeness (QED) is 0.879. The van der Waals surface area contributed by atoms with Gasteiger partial charge in [0, 0.05) is 5.69 Å². The first kappa shape index (κ1) is 14.9. The summed E-state index contributed by atoms with van der Waals surface area (Å²) in [4.78, 5) is 10.9. The second kappa shape index (κ2) is 5.47. The van der Waals surface area contributed by atoms with E-state index in [1.54, 1.807) is 6.92 Å². The van der Waals surface area contributed by atoms with E-state index in [1.807, 2.05) is 0 Å². The van der Waals surface area contributed by atoms with Crippen molar-refractivity contribution in [2.24, 2.45) is 0 Å². The van der Waals surface area contributed by atoms with Gasteiger partial charge in [-0.3, -0.25) is 0 Å². The molecule has 0 aromatic heterocycles. The predicted octanol–water partition coefficient (Wildman–Crippen LogP) is 4.46. The van der Waals surface area contributed by atoms with Crippen molar-refractivity contribution in [3.63, 3.8) is 0 Å². The Morgan fingerprint density at radius 3 is 2.38 bits per heavy atom. The van der Waals surface area contributed by atoms with E-state index in [0.717, 1.165) is 6.07 Å². The third-order valence-corrected chi connectivity index (χ3v) is 2.97. The van der Waals surface area contributed by atoms with Crippen LogP contribution < -0.4 is 5.32 Å². The van der Waals surface area contributed by atoms with Crippen molar-refractivity contribution in [2.45, 2.75) is 13.1 Å². The molecule has 2 N–H and O–H groups in total. The summed E-state index contributed by atoms with van der Waals surface area (Å²) in [6.07, 6.45) is -4.46. The zero-order chi connectivity index (χ0) is 15.6. The lowest BCUT2D eigenvalue weighted by atomic mass is 10.1. The Morgan fingerprint density at radius 1 is 1.14 bits per heavy atom. The number of halogens is 3. The van der Waals surface area contributed by atoms with Gasteiger partial charge in [0.2, 0.25) is 0 Å². The Morgan fingerprint density at radius 2 is 1.81 bits per heavy atom. The molecule has 0 spiro atoms. The third-order valence-electron chi connectivity index (χ3n) is 2.97. The molecule has 0 radical (unpaired) electrons. The van der Waals surface area contributed by atoms with Crippen LogP contribution in [-0.2, 0) is 6.18 Å². The van der Waals surface area contributed by atoms with Gasteiger partial charge in [-0.2, -0.15) is 13.2 Å². The fraction of sp³-hybridized carbons (Fsp3) is 0.133. The largest absolute Gasteiger partial charge is 0.478 e. The molecule has 0 aliphatic rings. The van der Waals surface area contributed by atoms with Gasteiger partial charge in [0.25, 0.3) is 0 Å². The molecule has 0 aliphatic carbocycles. The fourth-order valence-electron chi connectivity index (χ4n) is 1.98. The number of hydrogen-bond acceptors (Lipinski definition) is 2. The van der Waals surface area contributed by atoms with Crippen molar-refractivity contribution in [3.05, 3.63) is 59.2 Å². The van der Waals surface area contributed by atoms with E-state index >= 15 is 0 Å². The number of carboxylic acids is 1. The molecule has 110 valence electrons. The average molecular weight is 295 g/mol. The van der Waals surface area contributed by atoms with E-state index in [0.29, 0.717) is 11.3 Å². The minimum atomic E-state index is -4.46. The van der Waals surface area contributed by atoms with Crippen molar-refractivity contribution in [1.82, 2.24) is 0 Å². The standard InChI is InChI=1S/C15H12F3NO2/c1-9-8-10(6-7-11(9)14(20)21)19-13-5-3-2-4-12(13)15(16,17)18/h2-8,19H,1H3,(H,20,21). The molecule has 0 saturated heterocycles. The van der Waals surface area contributed by atoms with Gasteiger partial charge in [0.05, 0.1) is 16.8 Å². The van der Waals surface area contributed by atoms with Crippen molar-refractivity contribution >= 4 is 17.3 Å². The Kier molecular flexibility index (Phi) is 3.88. The summed E-state index contributed by atoms with van der Waals surface area (Å²) >= 11 is 0. The lowest BCUT2D eigenvalue weighted by molar-refractivity contribution is -0.136. The number of hydrogen-bond donors (Lipinski definition) is 2. The van der Waals surface area contributed by atoms with Crippen molar-refractivity contribution in [1.29, 1.82) is 0 Å². The van der Waals surface area contributed by atoms with Gasteiger partial charge in [-0.05, 0) is 42.8 Å². The number of aryl methyl sites for hydroxylation is 1. The van der Waals surface area contributed by atoms with E-state index in [2.05, 4.69) is 5.32 Å². The van der Waals surface area contributed by atoms with Crippen molar-refractivity contribution in [2.75, 3.05) is 5.32 Å². The first-order valence-electron chi connectivity index (χ1n) is 6.06. The van der Waals surface area contributed by atoms with E-state index in [4.69, 9.17) is 5.11 Å². The highest BCUT2D eigenvalue weighted by atomic mass is 19.4. The summed E-state index contributed by atoms with van der Waals surface area (Å²) in [5, 5.41) is 11.6. The molecular weight excluding hydrogens is 283 g/mol. The fourth-order valence-corrected chi connectivity index (χ4v) is 1.98. The molecule has 2 aromatic rings. The minimum absolute atomic E-state index is 0.0764. The monoisotopic (exact) mass is 295 g/mol. The number of benzene rings is 2. The third kappa shape index (κ3) is 3.34. The number of carbonyl (C=O) groups is 1. The molecule has 0 aliphatic heterocycles. The summed E-state index contributed by atoms with van der Waals surface area (Å²) in [7, 11) is 0. The maximum atomic E-state index is 12.9. The van der Waals surface area contributed by atoms with E-state index in [-0.39, 0.29) is 11.3 Å².